The van der Waals surface area contributed by atoms with Crippen molar-refractivity contribution in [3.05, 3.63) is 29.3 Å². The number of anilines is 1. The maximum Gasteiger partial charge on any atom is 0.418 e. The molecule has 1 aromatic carbocycles. The summed E-state index contributed by atoms with van der Waals surface area (Å²) in [7, 11) is 0. The van der Waals surface area contributed by atoms with Crippen LogP contribution < -0.4 is 10.2 Å². The van der Waals surface area contributed by atoms with Gasteiger partial charge < -0.3 is 10.2 Å². The second-order valence-electron chi connectivity index (χ2n) is 5.90. The Labute approximate surface area is 133 Å². The minimum Gasteiger partial charge on any atom is -0.371 e. The van der Waals surface area contributed by atoms with Gasteiger partial charge in [0.2, 0.25) is 0 Å². The molecule has 0 saturated carbocycles. The lowest BCUT2D eigenvalue weighted by Gasteiger charge is -2.31. The largest absolute Gasteiger partial charge is 0.418 e. The molecule has 1 aromatic rings. The lowest BCUT2D eigenvalue weighted by Crippen LogP contribution is -2.36. The van der Waals surface area contributed by atoms with E-state index < -0.39 is 11.7 Å². The summed E-state index contributed by atoms with van der Waals surface area (Å²) in [4.78, 5) is 1.83. The lowest BCUT2D eigenvalue weighted by molar-refractivity contribution is -0.137. The molecule has 2 aliphatic heterocycles. The van der Waals surface area contributed by atoms with Gasteiger partial charge in [0.1, 0.15) is 6.34 Å². The van der Waals surface area contributed by atoms with Crippen molar-refractivity contribution in [1.29, 1.82) is 0 Å². The fraction of sp³-hybridized carbons (Fsp3) is 0.500. The van der Waals surface area contributed by atoms with Gasteiger partial charge in [-0.05, 0) is 38.3 Å². The monoisotopic (exact) mass is 324 g/mol. The van der Waals surface area contributed by atoms with Gasteiger partial charge in [-0.1, -0.05) is 6.07 Å². The van der Waals surface area contributed by atoms with Crippen LogP contribution in [0.5, 0.6) is 0 Å². The van der Waals surface area contributed by atoms with Gasteiger partial charge in [0.25, 0.3) is 0 Å². The summed E-state index contributed by atoms with van der Waals surface area (Å²) in [6.07, 6.45) is -0.00430. The highest BCUT2D eigenvalue weighted by Crippen LogP contribution is 2.38. The summed E-state index contributed by atoms with van der Waals surface area (Å²) in [5.41, 5.74) is 0.640. The summed E-state index contributed by atoms with van der Waals surface area (Å²) in [5, 5.41) is 10.7. The molecule has 1 saturated heterocycles. The zero-order chi connectivity index (χ0) is 16.4. The molecule has 3 rings (SSSR count). The maximum absolute atomic E-state index is 13.5. The number of piperidine rings is 1. The molecule has 0 spiro atoms. The Bertz CT molecular complexity index is 631. The molecule has 0 bridgehead atoms. The van der Waals surface area contributed by atoms with Crippen LogP contribution in [0.15, 0.2) is 28.4 Å². The van der Waals surface area contributed by atoms with Crippen molar-refractivity contribution in [2.24, 2.45) is 10.2 Å². The summed E-state index contributed by atoms with van der Waals surface area (Å²) in [5.74, 6) is 0. The topological polar surface area (TPSA) is 40.0 Å². The number of alkyl halides is 3. The van der Waals surface area contributed by atoms with Crippen LogP contribution in [0.25, 0.3) is 0 Å². The van der Waals surface area contributed by atoms with Gasteiger partial charge in [-0.15, -0.1) is 5.10 Å². The van der Waals surface area contributed by atoms with Crippen LogP contribution in [0.3, 0.4) is 0 Å². The average molecular weight is 324 g/mol. The van der Waals surface area contributed by atoms with Crippen molar-refractivity contribution in [2.75, 3.05) is 18.0 Å². The van der Waals surface area contributed by atoms with Crippen molar-refractivity contribution in [3.8, 4) is 0 Å². The molecule has 0 amide bonds. The van der Waals surface area contributed by atoms with Gasteiger partial charge in [0.05, 0.1) is 17.3 Å². The van der Waals surface area contributed by atoms with Gasteiger partial charge in [0, 0.05) is 24.3 Å². The Kier molecular flexibility index (Phi) is 4.28. The number of benzene rings is 1. The summed E-state index contributed by atoms with van der Waals surface area (Å²) in [6.45, 7) is 3.19. The van der Waals surface area contributed by atoms with E-state index in [1.807, 2.05) is 11.8 Å². The Balaban J connectivity index is 2.02. The molecule has 2 heterocycles. The van der Waals surface area contributed by atoms with Crippen LogP contribution in [-0.4, -0.2) is 31.2 Å². The van der Waals surface area contributed by atoms with Crippen molar-refractivity contribution >= 4 is 17.7 Å². The third-order valence-electron chi connectivity index (χ3n) is 4.25. The van der Waals surface area contributed by atoms with E-state index in [0.29, 0.717) is 24.4 Å². The number of nitrogens with zero attached hydrogens (tertiary/aromatic N) is 3. The van der Waals surface area contributed by atoms with E-state index in [9.17, 15) is 13.2 Å². The van der Waals surface area contributed by atoms with Gasteiger partial charge in [-0.3, -0.25) is 0 Å². The Hall–Kier alpha value is -2.05. The summed E-state index contributed by atoms with van der Waals surface area (Å²) < 4.78 is 40.6. The average Bonchev–Trinajstić information content (AvgIpc) is 2.55. The smallest absolute Gasteiger partial charge is 0.371 e. The van der Waals surface area contributed by atoms with E-state index in [4.69, 9.17) is 0 Å². The molecule has 0 radical (unpaired) electrons. The van der Waals surface area contributed by atoms with Crippen LogP contribution in [0.2, 0.25) is 0 Å². The first kappa shape index (κ1) is 15.8. The zero-order valence-corrected chi connectivity index (χ0v) is 12.9. The van der Waals surface area contributed by atoms with Crippen molar-refractivity contribution in [3.63, 3.8) is 0 Å². The minimum absolute atomic E-state index is 0.172. The Morgan fingerprint density at radius 2 is 1.91 bits per heavy atom. The highest BCUT2D eigenvalue weighted by atomic mass is 19.4. The molecule has 1 atom stereocenters. The molecular weight excluding hydrogens is 305 g/mol. The number of hydrogen-bond donors (Lipinski definition) is 1. The predicted octanol–water partition coefficient (Wildman–Crippen LogP) is 3.42. The van der Waals surface area contributed by atoms with Crippen LogP contribution in [-0.2, 0) is 6.18 Å². The van der Waals surface area contributed by atoms with Gasteiger partial charge in [-0.25, -0.2) is 0 Å². The fourth-order valence-electron chi connectivity index (χ4n) is 3.04. The third-order valence-corrected chi connectivity index (χ3v) is 4.25. The second-order valence-corrected chi connectivity index (χ2v) is 5.90. The van der Waals surface area contributed by atoms with Crippen molar-refractivity contribution in [1.82, 2.24) is 5.32 Å². The maximum atomic E-state index is 13.5. The lowest BCUT2D eigenvalue weighted by atomic mass is 9.99. The Morgan fingerprint density at radius 3 is 2.57 bits per heavy atom. The standard InChI is InChI=1S/C16H19F3N4/c1-11-15(22-21-10-20-11)12-5-6-14(13(9-12)16(17,18)19)23-7-3-2-4-8-23/h5-6,9-11H,2-4,7-8H2,1H3,(H,20,21)/t11-/m0/s1. The Morgan fingerprint density at radius 1 is 1.17 bits per heavy atom. The number of halogens is 3. The van der Waals surface area contributed by atoms with Crippen LogP contribution in [0.1, 0.15) is 37.3 Å². The summed E-state index contributed by atoms with van der Waals surface area (Å²) in [6, 6.07) is 4.30. The van der Waals surface area contributed by atoms with Crippen molar-refractivity contribution in [2.45, 2.75) is 38.4 Å². The molecular formula is C16H19F3N4. The molecule has 1 fully saturated rings. The quantitative estimate of drug-likeness (QED) is 0.905. The third kappa shape index (κ3) is 3.33. The van der Waals surface area contributed by atoms with Crippen LogP contribution >= 0.6 is 0 Å². The fourth-order valence-corrected chi connectivity index (χ4v) is 3.04. The van der Waals surface area contributed by atoms with E-state index in [1.54, 1.807) is 12.1 Å². The molecule has 4 nitrogen and oxygen atoms in total. The van der Waals surface area contributed by atoms with E-state index in [2.05, 4.69) is 15.5 Å². The molecule has 7 heteroatoms. The highest BCUT2D eigenvalue weighted by Gasteiger charge is 2.36. The van der Waals surface area contributed by atoms with Crippen LogP contribution in [0.4, 0.5) is 18.9 Å². The second kappa shape index (κ2) is 6.22. The SMILES string of the molecule is C[C@@H]1NC=NN=C1c1ccc(N2CCCCC2)c(C(F)(F)F)c1. The summed E-state index contributed by atoms with van der Waals surface area (Å²) >= 11 is 0. The van der Waals surface area contributed by atoms with E-state index in [-0.39, 0.29) is 11.7 Å². The highest BCUT2D eigenvalue weighted by molar-refractivity contribution is 6.06. The van der Waals surface area contributed by atoms with E-state index in [1.165, 1.54) is 12.4 Å². The van der Waals surface area contributed by atoms with Gasteiger partial charge in [0.15, 0.2) is 0 Å². The first-order valence-electron chi connectivity index (χ1n) is 7.79. The minimum atomic E-state index is -4.39. The van der Waals surface area contributed by atoms with E-state index >= 15 is 0 Å². The first-order valence-corrected chi connectivity index (χ1v) is 7.79. The molecule has 1 N–H and O–H groups in total. The number of nitrogens with one attached hydrogen (secondary N) is 1. The molecule has 0 aliphatic carbocycles. The van der Waals surface area contributed by atoms with Gasteiger partial charge in [-0.2, -0.15) is 18.3 Å². The number of rotatable bonds is 2. The van der Waals surface area contributed by atoms with E-state index in [0.717, 1.165) is 19.3 Å². The molecule has 23 heavy (non-hydrogen) atoms. The van der Waals surface area contributed by atoms with Crippen molar-refractivity contribution < 1.29 is 13.2 Å². The molecule has 124 valence electrons. The zero-order valence-electron chi connectivity index (χ0n) is 12.9. The first-order chi connectivity index (χ1) is 11.0. The predicted molar refractivity (Wildman–Crippen MR) is 85.1 cm³/mol. The molecule has 2 aliphatic rings. The molecule has 0 aromatic heterocycles. The van der Waals surface area contributed by atoms with Gasteiger partial charge >= 0.3 is 6.18 Å². The molecule has 0 unspecified atom stereocenters. The normalized spacial score (nSPS) is 21.8. The number of hydrogen-bond acceptors (Lipinski definition) is 4. The van der Waals surface area contributed by atoms with Crippen LogP contribution in [0, 0.1) is 0 Å².